The van der Waals surface area contributed by atoms with Crippen LogP contribution in [0.2, 0.25) is 0 Å². The van der Waals surface area contributed by atoms with Crippen LogP contribution in [0.4, 0.5) is 0 Å². The molecule has 1 saturated carbocycles. The van der Waals surface area contributed by atoms with Crippen molar-refractivity contribution in [2.75, 3.05) is 0 Å². The van der Waals surface area contributed by atoms with Crippen LogP contribution < -0.4 is 9.47 Å². The Hall–Kier alpha value is -3.74. The molecule has 0 spiro atoms. The molecular weight excluding hydrogens is 414 g/mol. The topological polar surface area (TPSA) is 75.0 Å². The zero-order valence-corrected chi connectivity index (χ0v) is 18.9. The van der Waals surface area contributed by atoms with E-state index in [2.05, 4.69) is 70.4 Å². The summed E-state index contributed by atoms with van der Waals surface area (Å²) < 4.78 is 11.9. The molecule has 0 saturated heterocycles. The van der Waals surface area contributed by atoms with Crippen LogP contribution >= 0.6 is 0 Å². The van der Waals surface area contributed by atoms with Gasteiger partial charge in [-0.25, -0.2) is 9.97 Å². The van der Waals surface area contributed by atoms with Gasteiger partial charge in [-0.15, -0.1) is 4.80 Å². The zero-order valence-electron chi connectivity index (χ0n) is 18.9. The second kappa shape index (κ2) is 9.02. The molecule has 2 heterocycles. The first-order chi connectivity index (χ1) is 16.1. The summed E-state index contributed by atoms with van der Waals surface area (Å²) in [6, 6.07) is 18.6. The molecule has 7 heteroatoms. The minimum atomic E-state index is -0.133. The van der Waals surface area contributed by atoms with Crippen molar-refractivity contribution in [1.82, 2.24) is 25.0 Å². The van der Waals surface area contributed by atoms with Crippen molar-refractivity contribution in [2.45, 2.75) is 51.2 Å². The molecule has 0 aliphatic heterocycles. The van der Waals surface area contributed by atoms with Gasteiger partial charge in [-0.1, -0.05) is 38.1 Å². The number of nitrogens with zero attached hydrogens (tertiary/aromatic N) is 5. The van der Waals surface area contributed by atoms with Crippen LogP contribution in [0.25, 0.3) is 5.95 Å². The molecule has 2 aromatic heterocycles. The molecule has 33 heavy (non-hydrogen) atoms. The van der Waals surface area contributed by atoms with Gasteiger partial charge in [0.25, 0.3) is 5.95 Å². The quantitative estimate of drug-likeness (QED) is 0.387. The van der Waals surface area contributed by atoms with Crippen molar-refractivity contribution >= 4 is 0 Å². The number of aromatic nitrogens is 5. The molecule has 1 fully saturated rings. The second-order valence-corrected chi connectivity index (χ2v) is 8.80. The van der Waals surface area contributed by atoms with Gasteiger partial charge in [-0.3, -0.25) is 0 Å². The molecule has 168 valence electrons. The lowest BCUT2D eigenvalue weighted by Crippen LogP contribution is -2.24. The number of ether oxygens (including phenoxy) is 2. The SMILES string of the molecule is CC(C)(c1ccc(OCc2ccnc(-n3nccn3)n2)cc1)c1ccc(OC2CCC2)cc1. The van der Waals surface area contributed by atoms with Crippen molar-refractivity contribution < 1.29 is 9.47 Å². The fraction of sp³-hybridized carbons (Fsp3) is 0.308. The molecule has 0 N–H and O–H groups in total. The first-order valence-corrected chi connectivity index (χ1v) is 11.3. The van der Waals surface area contributed by atoms with Crippen molar-refractivity contribution in [3.8, 4) is 17.4 Å². The summed E-state index contributed by atoms with van der Waals surface area (Å²) in [6.07, 6.45) is 8.87. The number of rotatable bonds is 8. The van der Waals surface area contributed by atoms with E-state index in [4.69, 9.17) is 9.47 Å². The van der Waals surface area contributed by atoms with E-state index in [-0.39, 0.29) is 5.41 Å². The molecule has 7 nitrogen and oxygen atoms in total. The van der Waals surface area contributed by atoms with Gasteiger partial charge in [0.15, 0.2) is 0 Å². The lowest BCUT2D eigenvalue weighted by molar-refractivity contribution is 0.120. The van der Waals surface area contributed by atoms with Crippen molar-refractivity contribution in [3.05, 3.63) is 90.0 Å². The Morgan fingerprint density at radius 2 is 1.48 bits per heavy atom. The summed E-state index contributed by atoms with van der Waals surface area (Å²) in [5.74, 6) is 2.16. The van der Waals surface area contributed by atoms with E-state index < -0.39 is 0 Å². The fourth-order valence-electron chi connectivity index (χ4n) is 3.80. The Bertz CT molecular complexity index is 1180. The van der Waals surface area contributed by atoms with Gasteiger partial charge >= 0.3 is 0 Å². The molecule has 1 aliphatic rings. The van der Waals surface area contributed by atoms with Crippen LogP contribution in [0.5, 0.6) is 11.5 Å². The minimum absolute atomic E-state index is 0.133. The van der Waals surface area contributed by atoms with E-state index >= 15 is 0 Å². The normalized spacial score (nSPS) is 14.0. The third-order valence-electron chi connectivity index (χ3n) is 6.19. The maximum Gasteiger partial charge on any atom is 0.269 e. The van der Waals surface area contributed by atoms with Crippen LogP contribution in [0, 0.1) is 0 Å². The zero-order chi connectivity index (χ0) is 22.7. The summed E-state index contributed by atoms with van der Waals surface area (Å²) >= 11 is 0. The van der Waals surface area contributed by atoms with Crippen LogP contribution in [-0.2, 0) is 12.0 Å². The van der Waals surface area contributed by atoms with Crippen molar-refractivity contribution in [2.24, 2.45) is 0 Å². The summed E-state index contributed by atoms with van der Waals surface area (Å²) in [4.78, 5) is 10.0. The molecule has 0 radical (unpaired) electrons. The fourth-order valence-corrected chi connectivity index (χ4v) is 3.80. The molecule has 4 aromatic rings. The van der Waals surface area contributed by atoms with Crippen molar-refractivity contribution in [3.63, 3.8) is 0 Å². The molecule has 0 unspecified atom stereocenters. The van der Waals surface area contributed by atoms with Gasteiger partial charge in [-0.05, 0) is 60.7 Å². The van der Waals surface area contributed by atoms with E-state index in [1.807, 2.05) is 18.2 Å². The third-order valence-corrected chi connectivity index (χ3v) is 6.19. The highest BCUT2D eigenvalue weighted by Crippen LogP contribution is 2.34. The van der Waals surface area contributed by atoms with E-state index in [0.717, 1.165) is 17.2 Å². The Labute approximate surface area is 193 Å². The lowest BCUT2D eigenvalue weighted by Gasteiger charge is -2.28. The number of hydrogen-bond acceptors (Lipinski definition) is 6. The molecule has 1 aliphatic carbocycles. The lowest BCUT2D eigenvalue weighted by atomic mass is 9.78. The van der Waals surface area contributed by atoms with Gasteiger partial charge in [0.05, 0.1) is 24.2 Å². The maximum absolute atomic E-state index is 6.00. The third kappa shape index (κ3) is 4.72. The largest absolute Gasteiger partial charge is 0.490 e. The standard InChI is InChI=1S/C26H27N5O2/c1-26(2,20-8-12-24(13-9-20)33-23-4-3-5-23)19-6-10-22(11-7-19)32-18-21-14-15-27-25(30-21)31-28-16-17-29-31/h6-17,23H,3-5,18H2,1-2H3. The Kier molecular flexibility index (Phi) is 5.77. The second-order valence-electron chi connectivity index (χ2n) is 8.80. The first-order valence-electron chi connectivity index (χ1n) is 11.3. The highest BCUT2D eigenvalue weighted by molar-refractivity contribution is 5.42. The minimum Gasteiger partial charge on any atom is -0.490 e. The Morgan fingerprint density at radius 1 is 0.848 bits per heavy atom. The molecule has 0 atom stereocenters. The molecule has 5 rings (SSSR count). The van der Waals surface area contributed by atoms with E-state index in [9.17, 15) is 0 Å². The average Bonchev–Trinajstić information content (AvgIpc) is 3.36. The van der Waals surface area contributed by atoms with Gasteiger partial charge in [0.2, 0.25) is 0 Å². The van der Waals surface area contributed by atoms with E-state index in [1.54, 1.807) is 18.6 Å². The summed E-state index contributed by atoms with van der Waals surface area (Å²) in [5.41, 5.74) is 3.09. The molecule has 0 amide bonds. The Morgan fingerprint density at radius 3 is 2.09 bits per heavy atom. The summed E-state index contributed by atoms with van der Waals surface area (Å²) in [7, 11) is 0. The Balaban J connectivity index is 1.23. The summed E-state index contributed by atoms with van der Waals surface area (Å²) in [5, 5.41) is 8.12. The van der Waals surface area contributed by atoms with E-state index in [1.165, 1.54) is 35.2 Å². The predicted octanol–water partition coefficient (Wildman–Crippen LogP) is 4.89. The molecule has 2 aromatic carbocycles. The highest BCUT2D eigenvalue weighted by atomic mass is 16.5. The van der Waals surface area contributed by atoms with Gasteiger partial charge in [0, 0.05) is 11.6 Å². The highest BCUT2D eigenvalue weighted by Gasteiger charge is 2.24. The van der Waals surface area contributed by atoms with Crippen LogP contribution in [-0.4, -0.2) is 31.1 Å². The van der Waals surface area contributed by atoms with Gasteiger partial charge < -0.3 is 9.47 Å². The maximum atomic E-state index is 6.00. The van der Waals surface area contributed by atoms with Crippen LogP contribution in [0.15, 0.2) is 73.2 Å². The van der Waals surface area contributed by atoms with Gasteiger partial charge in [0.1, 0.15) is 18.1 Å². The van der Waals surface area contributed by atoms with Crippen LogP contribution in [0.1, 0.15) is 49.9 Å². The van der Waals surface area contributed by atoms with Crippen LogP contribution in [0.3, 0.4) is 0 Å². The monoisotopic (exact) mass is 441 g/mol. The number of hydrogen-bond donors (Lipinski definition) is 0. The average molecular weight is 442 g/mol. The molecular formula is C26H27N5O2. The van der Waals surface area contributed by atoms with Gasteiger partial charge in [-0.2, -0.15) is 10.2 Å². The summed E-state index contributed by atoms with van der Waals surface area (Å²) in [6.45, 7) is 4.80. The molecule has 0 bridgehead atoms. The smallest absolute Gasteiger partial charge is 0.269 e. The first kappa shape index (κ1) is 21.1. The van der Waals surface area contributed by atoms with Crippen molar-refractivity contribution in [1.29, 1.82) is 0 Å². The van der Waals surface area contributed by atoms with E-state index in [0.29, 0.717) is 18.7 Å². The predicted molar refractivity (Wildman–Crippen MR) is 125 cm³/mol. The number of benzene rings is 2.